The average molecular weight is 615 g/mol. The van der Waals surface area contributed by atoms with Gasteiger partial charge in [0.1, 0.15) is 30.0 Å². The number of carbonyl (C=O) groups excluding carboxylic acids is 3. The highest BCUT2D eigenvalue weighted by Crippen LogP contribution is 2.76. The molecule has 13 atom stereocenters. The summed E-state index contributed by atoms with van der Waals surface area (Å²) in [6.07, 6.45) is 1.47. The van der Waals surface area contributed by atoms with Gasteiger partial charge in [0, 0.05) is 43.4 Å². The van der Waals surface area contributed by atoms with Crippen molar-refractivity contribution in [2.24, 2.45) is 16.7 Å². The summed E-state index contributed by atoms with van der Waals surface area (Å²) in [6, 6.07) is 0. The quantitative estimate of drug-likeness (QED) is 0.266. The van der Waals surface area contributed by atoms with Crippen LogP contribution in [0, 0.1) is 16.7 Å². The summed E-state index contributed by atoms with van der Waals surface area (Å²) in [7, 11) is 1.51. The normalized spacial score (nSPS) is 53.4. The maximum absolute atomic E-state index is 14.7. The molecule has 0 aromatic rings. The largest absolute Gasteiger partial charge is 0.458 e. The fourth-order valence-electron chi connectivity index (χ4n) is 9.93. The maximum Gasteiger partial charge on any atom is 0.331 e. The lowest BCUT2D eigenvalue weighted by atomic mass is 9.43. The molecule has 4 aliphatic heterocycles. The van der Waals surface area contributed by atoms with Crippen molar-refractivity contribution in [1.29, 1.82) is 0 Å². The van der Waals surface area contributed by atoms with E-state index in [0.29, 0.717) is 30.4 Å². The number of ketones is 1. The Kier molecular flexibility index (Phi) is 5.84. The van der Waals surface area contributed by atoms with Gasteiger partial charge in [-0.2, -0.15) is 0 Å². The zero-order valence-corrected chi connectivity index (χ0v) is 25.4. The number of aliphatic hydroxyl groups is 2. The van der Waals surface area contributed by atoms with Crippen LogP contribution in [0.1, 0.15) is 53.4 Å². The lowest BCUT2D eigenvalue weighted by molar-refractivity contribution is -0.450. The summed E-state index contributed by atoms with van der Waals surface area (Å²) in [4.78, 5) is 39.4. The minimum Gasteiger partial charge on any atom is -0.458 e. The van der Waals surface area contributed by atoms with Crippen molar-refractivity contribution in [2.45, 2.75) is 113 Å². The molecule has 4 heterocycles. The van der Waals surface area contributed by atoms with E-state index in [2.05, 4.69) is 0 Å². The molecule has 0 aromatic heterocycles. The Morgan fingerprint density at radius 2 is 1.91 bits per heavy atom. The summed E-state index contributed by atoms with van der Waals surface area (Å²) >= 11 is 0. The first kappa shape index (κ1) is 29.0. The van der Waals surface area contributed by atoms with Gasteiger partial charge in [0.25, 0.3) is 0 Å². The highest BCUT2D eigenvalue weighted by molar-refractivity contribution is 5.99. The van der Waals surface area contributed by atoms with Crippen LogP contribution in [0.5, 0.6) is 0 Å². The molecule has 12 nitrogen and oxygen atoms in total. The molecule has 44 heavy (non-hydrogen) atoms. The van der Waals surface area contributed by atoms with E-state index in [-0.39, 0.29) is 19.1 Å². The number of ether oxygens (including phenoxy) is 7. The SMILES string of the molecule is CO[C@@H]1C[C@@H](C)O[C@H]2O[C@@H]3C=C4C[C@@H]5O[C@]56[C@H]([C@H](OC(C)=O)C(=O)[C@]5(C)C(C7=CC(=O)OC7)=CC[C@@]56O)[C@@]4(C)C[C@H]3O[C@]21O. The second kappa shape index (κ2) is 8.87. The van der Waals surface area contributed by atoms with Crippen LogP contribution in [0.25, 0.3) is 0 Å². The molecule has 12 heteroatoms. The van der Waals surface area contributed by atoms with Gasteiger partial charge in [-0.1, -0.05) is 24.6 Å². The number of carbonyl (C=O) groups is 3. The van der Waals surface area contributed by atoms with Crippen molar-refractivity contribution in [3.05, 3.63) is 34.9 Å². The number of Topliss-reactive ketones (excluding diaryl/α,β-unsaturated/α-hetero) is 1. The molecule has 3 saturated heterocycles. The Hall–Kier alpha value is -2.45. The molecule has 8 rings (SSSR count). The van der Waals surface area contributed by atoms with Crippen LogP contribution in [-0.4, -0.2) is 102 Å². The van der Waals surface area contributed by atoms with Gasteiger partial charge >= 0.3 is 11.9 Å². The number of fused-ring (bicyclic) bond motifs is 5. The Morgan fingerprint density at radius 1 is 1.14 bits per heavy atom. The number of esters is 2. The van der Waals surface area contributed by atoms with E-state index >= 15 is 0 Å². The van der Waals surface area contributed by atoms with Crippen LogP contribution < -0.4 is 0 Å². The zero-order valence-electron chi connectivity index (χ0n) is 25.4. The Bertz CT molecular complexity index is 1470. The molecule has 0 radical (unpaired) electrons. The number of hydrogen-bond donors (Lipinski definition) is 2. The van der Waals surface area contributed by atoms with Gasteiger partial charge in [0.05, 0.1) is 23.7 Å². The van der Waals surface area contributed by atoms with E-state index < -0.39 is 88.3 Å². The minimum atomic E-state index is -1.86. The van der Waals surface area contributed by atoms with E-state index in [0.717, 1.165) is 5.57 Å². The Balaban J connectivity index is 1.22. The molecule has 0 aromatic carbocycles. The molecule has 238 valence electrons. The second-order valence-corrected chi connectivity index (χ2v) is 14.1. The zero-order chi connectivity index (χ0) is 31.2. The lowest BCUT2D eigenvalue weighted by Gasteiger charge is -2.62. The second-order valence-electron chi connectivity index (χ2n) is 14.1. The van der Waals surface area contributed by atoms with E-state index in [1.54, 1.807) is 13.0 Å². The standard InChI is InChI=1S/C32H38O12/c1-14-8-22(38-5)32(37)27(40-14)42-19-10-17-11-21-31(44-21)25(28(17,3)12-20(19)43-32)24(41-15(2)33)26(35)29(4)18(6-7-30(29,31)36)16-9-23(34)39-13-16/h6,9-10,14,19-22,24-25,27,36-37H,7-8,11-13H2,1-5H3/t14-,19-,20-,21+,22-,24+,25-,27+,28+,29+,30-,31+,32+/m1/s1. The van der Waals surface area contributed by atoms with Crippen LogP contribution in [-0.2, 0) is 47.5 Å². The first-order valence-electron chi connectivity index (χ1n) is 15.4. The van der Waals surface area contributed by atoms with Crippen LogP contribution in [0.15, 0.2) is 34.9 Å². The summed E-state index contributed by atoms with van der Waals surface area (Å²) in [5.74, 6) is -4.23. The maximum atomic E-state index is 14.7. The molecule has 5 fully saturated rings. The summed E-state index contributed by atoms with van der Waals surface area (Å²) in [5.41, 5.74) is -3.33. The third-order valence-electron chi connectivity index (χ3n) is 12.0. The van der Waals surface area contributed by atoms with Gasteiger partial charge in [-0.25, -0.2) is 4.79 Å². The third-order valence-corrected chi connectivity index (χ3v) is 12.0. The van der Waals surface area contributed by atoms with Gasteiger partial charge in [0.2, 0.25) is 12.1 Å². The fraction of sp³-hybridized carbons (Fsp3) is 0.719. The van der Waals surface area contributed by atoms with Crippen molar-refractivity contribution >= 4 is 17.7 Å². The van der Waals surface area contributed by atoms with Gasteiger partial charge in [-0.05, 0) is 38.7 Å². The molecule has 0 bridgehead atoms. The molecule has 8 aliphatic rings. The predicted octanol–water partition coefficient (Wildman–Crippen LogP) is 1.17. The molecule has 2 saturated carbocycles. The van der Waals surface area contributed by atoms with Gasteiger partial charge in [0.15, 0.2) is 11.9 Å². The van der Waals surface area contributed by atoms with Crippen LogP contribution in [0.3, 0.4) is 0 Å². The number of hydrogen-bond acceptors (Lipinski definition) is 12. The van der Waals surface area contributed by atoms with Crippen molar-refractivity contribution in [1.82, 2.24) is 0 Å². The monoisotopic (exact) mass is 614 g/mol. The van der Waals surface area contributed by atoms with Gasteiger partial charge in [-0.15, -0.1) is 0 Å². The van der Waals surface area contributed by atoms with Crippen LogP contribution >= 0.6 is 0 Å². The fourth-order valence-corrected chi connectivity index (χ4v) is 9.93. The number of cyclic esters (lactones) is 1. The number of epoxide rings is 1. The topological polar surface area (TPSA) is 160 Å². The van der Waals surface area contributed by atoms with Crippen LogP contribution in [0.4, 0.5) is 0 Å². The minimum absolute atomic E-state index is 0.0115. The van der Waals surface area contributed by atoms with E-state index in [4.69, 9.17) is 33.2 Å². The highest BCUT2D eigenvalue weighted by atomic mass is 16.8. The molecule has 2 N–H and O–H groups in total. The third kappa shape index (κ3) is 3.30. The molecule has 0 unspecified atom stereocenters. The van der Waals surface area contributed by atoms with Gasteiger partial charge < -0.3 is 43.4 Å². The average Bonchev–Trinajstić information content (AvgIpc) is 3.40. The summed E-state index contributed by atoms with van der Waals surface area (Å²) in [6.45, 7) is 6.77. The van der Waals surface area contributed by atoms with Crippen molar-refractivity contribution in [3.8, 4) is 0 Å². The van der Waals surface area contributed by atoms with E-state index in [1.807, 2.05) is 19.9 Å². The van der Waals surface area contributed by atoms with Gasteiger partial charge in [-0.3, -0.25) is 9.59 Å². The van der Waals surface area contributed by atoms with Crippen molar-refractivity contribution in [2.75, 3.05) is 13.7 Å². The first-order chi connectivity index (χ1) is 20.7. The molecular weight excluding hydrogens is 576 g/mol. The number of methoxy groups -OCH3 is 1. The molecule has 1 spiro atoms. The summed E-state index contributed by atoms with van der Waals surface area (Å²) < 4.78 is 41.9. The van der Waals surface area contributed by atoms with Crippen molar-refractivity contribution in [3.63, 3.8) is 0 Å². The summed E-state index contributed by atoms with van der Waals surface area (Å²) in [5, 5.41) is 24.5. The molecule has 0 amide bonds. The molecular formula is C32H38O12. The van der Waals surface area contributed by atoms with E-state index in [1.165, 1.54) is 20.1 Å². The highest BCUT2D eigenvalue weighted by Gasteiger charge is 2.88. The first-order valence-corrected chi connectivity index (χ1v) is 15.4. The molecule has 4 aliphatic carbocycles. The van der Waals surface area contributed by atoms with E-state index in [9.17, 15) is 24.6 Å². The van der Waals surface area contributed by atoms with Crippen LogP contribution in [0.2, 0.25) is 0 Å². The van der Waals surface area contributed by atoms with Crippen molar-refractivity contribution < 1.29 is 57.8 Å². The lowest BCUT2D eigenvalue weighted by Crippen LogP contribution is -2.76. The Morgan fingerprint density at radius 3 is 2.59 bits per heavy atom. The predicted molar refractivity (Wildman–Crippen MR) is 146 cm³/mol. The smallest absolute Gasteiger partial charge is 0.331 e. The number of rotatable bonds is 3. The Labute approximate surface area is 254 Å².